The molecule has 5 atom stereocenters. The van der Waals surface area contributed by atoms with Crippen LogP contribution in [0.3, 0.4) is 0 Å². The molecule has 8 nitrogen and oxygen atoms in total. The van der Waals surface area contributed by atoms with Gasteiger partial charge in [-0.05, 0) is 54.9 Å². The van der Waals surface area contributed by atoms with E-state index in [0.717, 1.165) is 22.3 Å². The lowest BCUT2D eigenvalue weighted by Crippen LogP contribution is -2.60. The molecule has 0 aromatic carbocycles. The van der Waals surface area contributed by atoms with E-state index in [2.05, 4.69) is 4.74 Å². The fraction of sp³-hybridized carbons (Fsp3) is 0.432. The van der Waals surface area contributed by atoms with Crippen molar-refractivity contribution in [1.29, 1.82) is 0 Å². The number of carbonyl (C=O) groups is 1. The molecule has 0 aromatic rings. The van der Waals surface area contributed by atoms with Gasteiger partial charge in [0.15, 0.2) is 6.29 Å². The van der Waals surface area contributed by atoms with Crippen molar-refractivity contribution in [3.05, 3.63) is 119 Å². The summed E-state index contributed by atoms with van der Waals surface area (Å²) in [5, 5.41) is 39.5. The summed E-state index contributed by atoms with van der Waals surface area (Å²) < 4.78 is 16.0. The van der Waals surface area contributed by atoms with Crippen molar-refractivity contribution < 1.29 is 39.4 Å². The Kier molecular flexibility index (Phi) is 18.2. The Balaban J connectivity index is 2.59. The number of esters is 1. The number of aliphatic hydroxyl groups is 4. The molecule has 1 fully saturated rings. The quantitative estimate of drug-likeness (QED) is 0.105. The molecule has 4 N–H and O–H groups in total. The van der Waals surface area contributed by atoms with E-state index in [1.165, 1.54) is 7.11 Å². The Bertz CT molecular complexity index is 1250. The lowest BCUT2D eigenvalue weighted by molar-refractivity contribution is -0.322. The monoisotopic (exact) mass is 624 g/mol. The van der Waals surface area contributed by atoms with Crippen LogP contribution in [0.25, 0.3) is 0 Å². The molecule has 1 heterocycles. The highest BCUT2D eigenvalue weighted by Gasteiger charge is 2.45. The van der Waals surface area contributed by atoms with Gasteiger partial charge in [0, 0.05) is 5.57 Å². The zero-order valence-corrected chi connectivity index (χ0v) is 27.9. The van der Waals surface area contributed by atoms with Crippen LogP contribution in [0.2, 0.25) is 0 Å². The SMILES string of the molecule is COC(=O)/C(C)=C/C=C/C(C)=C/C=C/C(C)=C/C=C/C=C(C)/C=C/C=C(C)/C=C/CC(C)(C)O[C@@H]1O[C@H](CO)[C@@H](O)[C@H](O)[C@@H]1O. The third kappa shape index (κ3) is 16.0. The number of aliphatic hydroxyl groups excluding tert-OH is 4. The maximum atomic E-state index is 11.4. The largest absolute Gasteiger partial charge is 0.466 e. The first-order valence-corrected chi connectivity index (χ1v) is 15.0. The Morgan fingerprint density at radius 1 is 0.711 bits per heavy atom. The van der Waals surface area contributed by atoms with Crippen LogP contribution < -0.4 is 0 Å². The summed E-state index contributed by atoms with van der Waals surface area (Å²) in [7, 11) is 1.36. The van der Waals surface area contributed by atoms with Gasteiger partial charge in [0.05, 0.1) is 19.3 Å². The average Bonchev–Trinajstić information content (AvgIpc) is 2.98. The molecular weight excluding hydrogens is 572 g/mol. The number of hydrogen-bond acceptors (Lipinski definition) is 8. The van der Waals surface area contributed by atoms with Crippen LogP contribution >= 0.6 is 0 Å². The summed E-state index contributed by atoms with van der Waals surface area (Å²) in [5.41, 5.74) is 4.11. The van der Waals surface area contributed by atoms with Gasteiger partial charge >= 0.3 is 5.97 Å². The van der Waals surface area contributed by atoms with Crippen LogP contribution in [0.15, 0.2) is 119 Å². The molecule has 1 aliphatic rings. The molecule has 1 rings (SSSR count). The maximum absolute atomic E-state index is 11.4. The van der Waals surface area contributed by atoms with Gasteiger partial charge < -0.3 is 34.6 Å². The Morgan fingerprint density at radius 2 is 1.18 bits per heavy atom. The van der Waals surface area contributed by atoms with Crippen LogP contribution in [-0.2, 0) is 19.0 Å². The molecular formula is C37H52O8. The Hall–Kier alpha value is -3.37. The molecule has 0 radical (unpaired) electrons. The normalized spacial score (nSPS) is 25.2. The van der Waals surface area contributed by atoms with Crippen molar-refractivity contribution in [2.45, 2.75) is 91.2 Å². The van der Waals surface area contributed by atoms with Gasteiger partial charge in [-0.3, -0.25) is 0 Å². The van der Waals surface area contributed by atoms with E-state index in [1.54, 1.807) is 13.0 Å². The minimum absolute atomic E-state index is 0.337. The second kappa shape index (κ2) is 20.6. The van der Waals surface area contributed by atoms with Crippen LogP contribution in [0.5, 0.6) is 0 Å². The molecule has 1 saturated heterocycles. The van der Waals surface area contributed by atoms with Crippen molar-refractivity contribution in [2.75, 3.05) is 13.7 Å². The van der Waals surface area contributed by atoms with E-state index in [4.69, 9.17) is 9.47 Å². The Morgan fingerprint density at radius 3 is 1.67 bits per heavy atom. The molecule has 0 aliphatic carbocycles. The molecule has 0 unspecified atom stereocenters. The van der Waals surface area contributed by atoms with E-state index in [0.29, 0.717) is 12.0 Å². The van der Waals surface area contributed by atoms with E-state index in [-0.39, 0.29) is 5.97 Å². The summed E-state index contributed by atoms with van der Waals surface area (Å²) in [6.45, 7) is 12.9. The van der Waals surface area contributed by atoms with Gasteiger partial charge in [-0.25, -0.2) is 4.79 Å². The van der Waals surface area contributed by atoms with Gasteiger partial charge in [0.1, 0.15) is 24.4 Å². The van der Waals surface area contributed by atoms with Gasteiger partial charge in [0.25, 0.3) is 0 Å². The number of allylic oxidation sites excluding steroid dienone is 18. The zero-order valence-electron chi connectivity index (χ0n) is 27.9. The standard InChI is InChI=1S/C37H52O8/c1-26(17-11-19-28(3)21-13-23-30(5)35(42)43-8)15-9-10-16-27(2)18-12-20-29(4)22-14-24-37(6,7)45-36-34(41)33(40)32(39)31(25-38)44-36/h9-23,31-34,36,38-41H,24-25H2,1-8H3/b10-9+,17-11+,18-12+,21-13+,22-14+,26-15+,27-16+,28-19+,29-20+,30-23+/t31-,32-,33+,34+,36+/m1/s1. The van der Waals surface area contributed by atoms with Gasteiger partial charge in [-0.15, -0.1) is 0 Å². The van der Waals surface area contributed by atoms with Crippen LogP contribution in [0.4, 0.5) is 0 Å². The first-order valence-electron chi connectivity index (χ1n) is 15.0. The molecule has 0 aromatic heterocycles. The van der Waals surface area contributed by atoms with E-state index in [9.17, 15) is 25.2 Å². The van der Waals surface area contributed by atoms with Crippen LogP contribution in [-0.4, -0.2) is 76.4 Å². The summed E-state index contributed by atoms with van der Waals surface area (Å²) in [6.07, 6.45) is 23.5. The molecule has 0 amide bonds. The molecule has 0 spiro atoms. The van der Waals surface area contributed by atoms with Gasteiger partial charge in [-0.2, -0.15) is 0 Å². The van der Waals surface area contributed by atoms with Crippen molar-refractivity contribution in [2.24, 2.45) is 0 Å². The van der Waals surface area contributed by atoms with Crippen molar-refractivity contribution in [1.82, 2.24) is 0 Å². The lowest BCUT2D eigenvalue weighted by atomic mass is 9.98. The number of rotatable bonds is 15. The second-order valence-corrected chi connectivity index (χ2v) is 11.6. The average molecular weight is 625 g/mol. The predicted molar refractivity (Wildman–Crippen MR) is 180 cm³/mol. The summed E-state index contributed by atoms with van der Waals surface area (Å²) >= 11 is 0. The molecule has 8 heteroatoms. The number of carbonyl (C=O) groups excluding carboxylic acids is 1. The first kappa shape index (κ1) is 39.7. The van der Waals surface area contributed by atoms with E-state index >= 15 is 0 Å². The van der Waals surface area contributed by atoms with E-state index < -0.39 is 42.9 Å². The van der Waals surface area contributed by atoms with Crippen LogP contribution in [0, 0.1) is 0 Å². The van der Waals surface area contributed by atoms with Crippen molar-refractivity contribution >= 4 is 5.97 Å². The summed E-state index contributed by atoms with van der Waals surface area (Å²) in [6, 6.07) is 0. The molecule has 0 saturated carbocycles. The van der Waals surface area contributed by atoms with Crippen molar-refractivity contribution in [3.8, 4) is 0 Å². The molecule has 45 heavy (non-hydrogen) atoms. The fourth-order valence-electron chi connectivity index (χ4n) is 3.97. The highest BCUT2D eigenvalue weighted by Crippen LogP contribution is 2.27. The van der Waals surface area contributed by atoms with E-state index in [1.807, 2.05) is 127 Å². The maximum Gasteiger partial charge on any atom is 0.333 e. The highest BCUT2D eigenvalue weighted by atomic mass is 16.7. The zero-order chi connectivity index (χ0) is 34.0. The summed E-state index contributed by atoms with van der Waals surface area (Å²) in [4.78, 5) is 11.4. The molecule has 0 bridgehead atoms. The Labute approximate surface area is 269 Å². The topological polar surface area (TPSA) is 126 Å². The minimum Gasteiger partial charge on any atom is -0.466 e. The summed E-state index contributed by atoms with van der Waals surface area (Å²) in [5.74, 6) is -0.337. The van der Waals surface area contributed by atoms with Gasteiger partial charge in [-0.1, -0.05) is 113 Å². The predicted octanol–water partition coefficient (Wildman–Crippen LogP) is 5.66. The number of hydrogen-bond donors (Lipinski definition) is 4. The molecule has 1 aliphatic heterocycles. The van der Waals surface area contributed by atoms with Crippen molar-refractivity contribution in [3.63, 3.8) is 0 Å². The first-order chi connectivity index (χ1) is 21.2. The fourth-order valence-corrected chi connectivity index (χ4v) is 3.97. The van der Waals surface area contributed by atoms with Gasteiger partial charge in [0.2, 0.25) is 0 Å². The minimum atomic E-state index is -1.47. The third-order valence-corrected chi connectivity index (χ3v) is 6.75. The lowest BCUT2D eigenvalue weighted by Gasteiger charge is -2.42. The highest BCUT2D eigenvalue weighted by molar-refractivity contribution is 5.87. The van der Waals surface area contributed by atoms with Crippen LogP contribution in [0.1, 0.15) is 54.9 Å². The smallest absolute Gasteiger partial charge is 0.333 e. The number of methoxy groups -OCH3 is 1. The third-order valence-electron chi connectivity index (χ3n) is 6.75. The number of ether oxygens (including phenoxy) is 3. The second-order valence-electron chi connectivity index (χ2n) is 11.6. The molecule has 248 valence electrons.